The van der Waals surface area contributed by atoms with Gasteiger partial charge < -0.3 is 10.6 Å². The summed E-state index contributed by atoms with van der Waals surface area (Å²) in [7, 11) is 1.63. The van der Waals surface area contributed by atoms with E-state index in [4.69, 9.17) is 0 Å². The standard InChI is InChI=1S/C10H17N3OS/c1-6(2)5-12-10-13-7(3)8(15-10)9(14)11-4/h6H,5H2,1-4H3,(H,11,14)(H,12,13). The molecule has 0 radical (unpaired) electrons. The van der Waals surface area contributed by atoms with E-state index < -0.39 is 0 Å². The molecule has 2 N–H and O–H groups in total. The smallest absolute Gasteiger partial charge is 0.263 e. The van der Waals surface area contributed by atoms with Gasteiger partial charge in [0.05, 0.1) is 5.69 Å². The number of amides is 1. The molecule has 5 heteroatoms. The number of thiazole rings is 1. The molecule has 0 atom stereocenters. The molecule has 84 valence electrons. The summed E-state index contributed by atoms with van der Waals surface area (Å²) in [5, 5.41) is 6.63. The van der Waals surface area contributed by atoms with Crippen molar-refractivity contribution in [3.63, 3.8) is 0 Å². The number of anilines is 1. The molecule has 0 spiro atoms. The highest BCUT2D eigenvalue weighted by molar-refractivity contribution is 7.17. The Hall–Kier alpha value is -1.10. The van der Waals surface area contributed by atoms with Crippen LogP contribution in [0.3, 0.4) is 0 Å². The van der Waals surface area contributed by atoms with Gasteiger partial charge in [0.15, 0.2) is 5.13 Å². The number of hydrogen-bond acceptors (Lipinski definition) is 4. The SMILES string of the molecule is CNC(=O)c1sc(NCC(C)C)nc1C. The van der Waals surface area contributed by atoms with Crippen LogP contribution in [0.5, 0.6) is 0 Å². The predicted molar refractivity (Wildman–Crippen MR) is 63.6 cm³/mol. The van der Waals surface area contributed by atoms with Crippen LogP contribution in [0.1, 0.15) is 29.2 Å². The molecule has 0 aliphatic carbocycles. The Morgan fingerprint density at radius 2 is 2.20 bits per heavy atom. The lowest BCUT2D eigenvalue weighted by Gasteiger charge is -2.04. The van der Waals surface area contributed by atoms with Gasteiger partial charge in [0, 0.05) is 13.6 Å². The van der Waals surface area contributed by atoms with E-state index in [1.165, 1.54) is 11.3 Å². The lowest BCUT2D eigenvalue weighted by Crippen LogP contribution is -2.17. The predicted octanol–water partition coefficient (Wildman–Crippen LogP) is 1.88. The maximum atomic E-state index is 11.4. The minimum Gasteiger partial charge on any atom is -0.361 e. The van der Waals surface area contributed by atoms with Crippen molar-refractivity contribution < 1.29 is 4.79 Å². The molecule has 15 heavy (non-hydrogen) atoms. The quantitative estimate of drug-likeness (QED) is 0.825. The number of nitrogens with one attached hydrogen (secondary N) is 2. The van der Waals surface area contributed by atoms with E-state index >= 15 is 0 Å². The summed E-state index contributed by atoms with van der Waals surface area (Å²) >= 11 is 1.40. The number of nitrogens with zero attached hydrogens (tertiary/aromatic N) is 1. The number of aromatic nitrogens is 1. The minimum absolute atomic E-state index is 0.0670. The van der Waals surface area contributed by atoms with Crippen LogP contribution in [-0.4, -0.2) is 24.5 Å². The lowest BCUT2D eigenvalue weighted by atomic mass is 10.2. The Bertz CT molecular complexity index is 346. The Kier molecular flexibility index (Phi) is 4.08. The van der Waals surface area contributed by atoms with Crippen molar-refractivity contribution in [2.75, 3.05) is 18.9 Å². The van der Waals surface area contributed by atoms with Gasteiger partial charge in [-0.3, -0.25) is 4.79 Å². The van der Waals surface area contributed by atoms with Gasteiger partial charge >= 0.3 is 0 Å². The van der Waals surface area contributed by atoms with E-state index in [-0.39, 0.29) is 5.91 Å². The summed E-state index contributed by atoms with van der Waals surface area (Å²) < 4.78 is 0. The summed E-state index contributed by atoms with van der Waals surface area (Å²) in [4.78, 5) is 16.4. The first-order valence-electron chi connectivity index (χ1n) is 4.98. The van der Waals surface area contributed by atoms with Crippen molar-refractivity contribution in [2.45, 2.75) is 20.8 Å². The first kappa shape index (κ1) is 12.0. The molecule has 1 aromatic rings. The van der Waals surface area contributed by atoms with Gasteiger partial charge in [0.2, 0.25) is 0 Å². The summed E-state index contributed by atoms with van der Waals surface area (Å²) in [6, 6.07) is 0. The number of carbonyl (C=O) groups is 1. The van der Waals surface area contributed by atoms with E-state index in [9.17, 15) is 4.79 Å². The number of carbonyl (C=O) groups excluding carboxylic acids is 1. The van der Waals surface area contributed by atoms with E-state index in [1.54, 1.807) is 7.05 Å². The molecule has 0 bridgehead atoms. The van der Waals surface area contributed by atoms with E-state index in [0.29, 0.717) is 10.8 Å². The highest BCUT2D eigenvalue weighted by atomic mass is 32.1. The Morgan fingerprint density at radius 1 is 1.53 bits per heavy atom. The van der Waals surface area contributed by atoms with Crippen molar-refractivity contribution in [3.05, 3.63) is 10.6 Å². The van der Waals surface area contributed by atoms with Crippen molar-refractivity contribution in [2.24, 2.45) is 5.92 Å². The molecule has 1 heterocycles. The van der Waals surface area contributed by atoms with Crippen LogP contribution in [0.4, 0.5) is 5.13 Å². The third-order valence-corrected chi connectivity index (χ3v) is 3.01. The largest absolute Gasteiger partial charge is 0.361 e. The van der Waals surface area contributed by atoms with Crippen LogP contribution in [0.15, 0.2) is 0 Å². The molecule has 1 aromatic heterocycles. The monoisotopic (exact) mass is 227 g/mol. The average molecular weight is 227 g/mol. The summed E-state index contributed by atoms with van der Waals surface area (Å²) in [6.07, 6.45) is 0. The van der Waals surface area contributed by atoms with Gasteiger partial charge in [-0.2, -0.15) is 0 Å². The van der Waals surface area contributed by atoms with Crippen LogP contribution in [-0.2, 0) is 0 Å². The fourth-order valence-corrected chi connectivity index (χ4v) is 2.01. The van der Waals surface area contributed by atoms with Crippen LogP contribution in [0.25, 0.3) is 0 Å². The zero-order chi connectivity index (χ0) is 11.4. The Balaban J connectivity index is 2.72. The zero-order valence-corrected chi connectivity index (χ0v) is 10.4. The minimum atomic E-state index is -0.0670. The molecule has 0 aromatic carbocycles. The van der Waals surface area contributed by atoms with Gasteiger partial charge in [0.1, 0.15) is 4.88 Å². The molecule has 0 aliphatic heterocycles. The van der Waals surface area contributed by atoms with E-state index in [0.717, 1.165) is 17.4 Å². The highest BCUT2D eigenvalue weighted by Gasteiger charge is 2.13. The summed E-state index contributed by atoms with van der Waals surface area (Å²) in [6.45, 7) is 6.99. The normalized spacial score (nSPS) is 10.5. The molecule has 0 unspecified atom stereocenters. The van der Waals surface area contributed by atoms with Gasteiger partial charge in [-0.25, -0.2) is 4.98 Å². The van der Waals surface area contributed by atoms with Gasteiger partial charge in [-0.1, -0.05) is 25.2 Å². The molecule has 0 saturated heterocycles. The molecular weight excluding hydrogens is 210 g/mol. The summed E-state index contributed by atoms with van der Waals surface area (Å²) in [5.41, 5.74) is 0.783. The maximum absolute atomic E-state index is 11.4. The fraction of sp³-hybridized carbons (Fsp3) is 0.600. The van der Waals surface area contributed by atoms with Gasteiger partial charge in [-0.15, -0.1) is 0 Å². The summed E-state index contributed by atoms with van der Waals surface area (Å²) in [5.74, 6) is 0.500. The number of hydrogen-bond donors (Lipinski definition) is 2. The molecule has 0 saturated carbocycles. The second-order valence-electron chi connectivity index (χ2n) is 3.79. The lowest BCUT2D eigenvalue weighted by molar-refractivity contribution is 0.0966. The third-order valence-electron chi connectivity index (χ3n) is 1.89. The molecule has 1 amide bonds. The highest BCUT2D eigenvalue weighted by Crippen LogP contribution is 2.22. The second kappa shape index (κ2) is 5.11. The molecule has 0 fully saturated rings. The first-order valence-corrected chi connectivity index (χ1v) is 5.79. The van der Waals surface area contributed by atoms with Crippen molar-refractivity contribution in [1.29, 1.82) is 0 Å². The van der Waals surface area contributed by atoms with Crippen LogP contribution in [0.2, 0.25) is 0 Å². The van der Waals surface area contributed by atoms with Crippen molar-refractivity contribution in [3.8, 4) is 0 Å². The van der Waals surface area contributed by atoms with Crippen molar-refractivity contribution >= 4 is 22.4 Å². The Labute approximate surface area is 94.1 Å². The van der Waals surface area contributed by atoms with Crippen LogP contribution >= 0.6 is 11.3 Å². The van der Waals surface area contributed by atoms with Crippen molar-refractivity contribution in [1.82, 2.24) is 10.3 Å². The molecular formula is C10H17N3OS. The molecule has 4 nitrogen and oxygen atoms in total. The van der Waals surface area contributed by atoms with Crippen LogP contribution < -0.4 is 10.6 Å². The first-order chi connectivity index (χ1) is 7.04. The molecule has 1 rings (SSSR count). The molecule has 0 aliphatic rings. The topological polar surface area (TPSA) is 54.0 Å². The van der Waals surface area contributed by atoms with E-state index in [2.05, 4.69) is 29.5 Å². The average Bonchev–Trinajstić information content (AvgIpc) is 2.55. The maximum Gasteiger partial charge on any atom is 0.263 e. The fourth-order valence-electron chi connectivity index (χ4n) is 1.09. The number of aryl methyl sites for hydroxylation is 1. The number of rotatable bonds is 4. The van der Waals surface area contributed by atoms with E-state index in [1.807, 2.05) is 6.92 Å². The zero-order valence-electron chi connectivity index (χ0n) is 9.55. The third kappa shape index (κ3) is 3.20. The van der Waals surface area contributed by atoms with Gasteiger partial charge in [0.25, 0.3) is 5.91 Å². The second-order valence-corrected chi connectivity index (χ2v) is 4.79. The van der Waals surface area contributed by atoms with Gasteiger partial charge in [-0.05, 0) is 12.8 Å². The van der Waals surface area contributed by atoms with Crippen LogP contribution in [0, 0.1) is 12.8 Å². The Morgan fingerprint density at radius 3 is 2.73 bits per heavy atom.